The molecule has 2 saturated heterocycles. The Morgan fingerprint density at radius 1 is 1.36 bits per heavy atom. The molecule has 0 saturated carbocycles. The Balaban J connectivity index is 1.85. The van der Waals surface area contributed by atoms with Gasteiger partial charge in [0.2, 0.25) is 0 Å². The van der Waals surface area contributed by atoms with Gasteiger partial charge >= 0.3 is 6.09 Å². The lowest BCUT2D eigenvalue weighted by molar-refractivity contribution is 0.00756. The minimum Gasteiger partial charge on any atom is -0.444 e. The number of ether oxygens (including phenoxy) is 1. The van der Waals surface area contributed by atoms with Crippen molar-refractivity contribution in [1.29, 1.82) is 0 Å². The molecule has 4 atom stereocenters. The maximum atomic E-state index is 12.8. The number of amides is 1. The molecule has 2 aliphatic rings. The number of likely N-dealkylation sites (tertiary alicyclic amines) is 2. The first-order valence-corrected chi connectivity index (χ1v) is 9.00. The summed E-state index contributed by atoms with van der Waals surface area (Å²) in [4.78, 5) is 16.5. The van der Waals surface area contributed by atoms with Gasteiger partial charge in [-0.25, -0.2) is 4.79 Å². The van der Waals surface area contributed by atoms with Crippen molar-refractivity contribution in [3.63, 3.8) is 0 Å². The van der Waals surface area contributed by atoms with Crippen LogP contribution in [0.1, 0.15) is 48.5 Å². The zero-order valence-electron chi connectivity index (χ0n) is 17.5. The van der Waals surface area contributed by atoms with Crippen LogP contribution in [-0.4, -0.2) is 58.3 Å². The highest BCUT2D eigenvalue weighted by molar-refractivity contribution is 5.69. The van der Waals surface area contributed by atoms with Gasteiger partial charge in [-0.15, -0.1) is 0 Å². The SMILES string of the molecule is [2H]C([2H])(O)[C@H]1[C@H]2C[C@H](CN(C(C)c3ccccc3)C2)N1C(=O)OC(C)(C)C. The fraction of sp³-hybridized carbons (Fsp3) is 0.650. The third kappa shape index (κ3) is 3.82. The number of hydrogen-bond acceptors (Lipinski definition) is 4. The Bertz CT molecular complexity index is 672. The van der Waals surface area contributed by atoms with Crippen molar-refractivity contribution in [2.45, 2.75) is 57.8 Å². The summed E-state index contributed by atoms with van der Waals surface area (Å²) in [5.74, 6) is -0.137. The Morgan fingerprint density at radius 3 is 2.64 bits per heavy atom. The predicted molar refractivity (Wildman–Crippen MR) is 97.3 cm³/mol. The van der Waals surface area contributed by atoms with E-state index in [2.05, 4.69) is 24.0 Å². The number of hydrogen-bond donors (Lipinski definition) is 1. The van der Waals surface area contributed by atoms with Gasteiger partial charge in [-0.2, -0.15) is 0 Å². The number of aliphatic hydroxyl groups is 1. The quantitative estimate of drug-likeness (QED) is 0.912. The largest absolute Gasteiger partial charge is 0.444 e. The highest BCUT2D eigenvalue weighted by Crippen LogP contribution is 2.38. The van der Waals surface area contributed by atoms with Crippen LogP contribution in [0.25, 0.3) is 0 Å². The van der Waals surface area contributed by atoms with E-state index in [1.54, 1.807) is 20.8 Å². The van der Waals surface area contributed by atoms with Crippen LogP contribution in [0.3, 0.4) is 0 Å². The third-order valence-electron chi connectivity index (χ3n) is 5.19. The molecule has 0 spiro atoms. The van der Waals surface area contributed by atoms with Crippen molar-refractivity contribution in [2.75, 3.05) is 19.6 Å². The van der Waals surface area contributed by atoms with Crippen LogP contribution in [0.2, 0.25) is 0 Å². The summed E-state index contributed by atoms with van der Waals surface area (Å²) in [6.07, 6.45) is 0.134. The molecule has 1 aromatic carbocycles. The van der Waals surface area contributed by atoms with E-state index >= 15 is 0 Å². The number of carbonyl (C=O) groups is 1. The number of carbonyl (C=O) groups excluding carboxylic acids is 1. The van der Waals surface area contributed by atoms with Gasteiger partial charge < -0.3 is 9.84 Å². The molecule has 25 heavy (non-hydrogen) atoms. The van der Waals surface area contributed by atoms with Gasteiger partial charge in [0.25, 0.3) is 0 Å². The van der Waals surface area contributed by atoms with E-state index in [-0.39, 0.29) is 18.0 Å². The molecule has 1 N–H and O–H groups in total. The minimum absolute atomic E-state index is 0.137. The molecule has 1 unspecified atom stereocenters. The molecule has 138 valence electrons. The van der Waals surface area contributed by atoms with Gasteiger partial charge in [0.1, 0.15) is 5.60 Å². The summed E-state index contributed by atoms with van der Waals surface area (Å²) in [7, 11) is 0. The molecule has 2 bridgehead atoms. The van der Waals surface area contributed by atoms with Crippen LogP contribution in [0, 0.1) is 5.92 Å². The van der Waals surface area contributed by atoms with Crippen LogP contribution >= 0.6 is 0 Å². The Hall–Kier alpha value is -1.59. The first-order valence-electron chi connectivity index (χ1n) is 10.00. The second kappa shape index (κ2) is 6.96. The summed E-state index contributed by atoms with van der Waals surface area (Å²) in [6, 6.07) is 9.24. The molecular weight excluding hydrogens is 316 g/mol. The molecular formula is C20H30N2O3. The van der Waals surface area contributed by atoms with Crippen molar-refractivity contribution < 1.29 is 17.4 Å². The molecule has 3 rings (SSSR count). The molecule has 0 radical (unpaired) electrons. The minimum atomic E-state index is -2.47. The maximum Gasteiger partial charge on any atom is 0.410 e. The fourth-order valence-electron chi connectivity index (χ4n) is 4.03. The number of rotatable bonds is 3. The van der Waals surface area contributed by atoms with E-state index in [0.717, 1.165) is 0 Å². The first-order chi connectivity index (χ1) is 12.5. The highest BCUT2D eigenvalue weighted by Gasteiger charge is 2.49. The molecule has 2 heterocycles. The van der Waals surface area contributed by atoms with E-state index in [9.17, 15) is 9.90 Å². The lowest BCUT2D eigenvalue weighted by Crippen LogP contribution is -2.48. The Labute approximate surface area is 153 Å². The van der Waals surface area contributed by atoms with Gasteiger partial charge in [-0.05, 0) is 45.6 Å². The summed E-state index contributed by atoms with van der Waals surface area (Å²) >= 11 is 0. The predicted octanol–water partition coefficient (Wildman–Crippen LogP) is 3.05. The summed E-state index contributed by atoms with van der Waals surface area (Å²) < 4.78 is 21.4. The van der Waals surface area contributed by atoms with Gasteiger partial charge in [0.15, 0.2) is 0 Å². The normalized spacial score (nSPS) is 29.8. The van der Waals surface area contributed by atoms with Gasteiger partial charge in [-0.3, -0.25) is 9.80 Å². The standard InChI is InChI=1S/C20H30N2O3/c1-14(15-8-6-5-7-9-15)21-11-16-10-17(12-21)22(18(16)13-23)19(24)25-20(2,3)4/h5-9,14,16-18,23H,10-13H2,1-4H3/t14?,16-,17+,18-/m0/s1/i13D2. The smallest absolute Gasteiger partial charge is 0.410 e. The average molecular weight is 348 g/mol. The van der Waals surface area contributed by atoms with E-state index in [4.69, 9.17) is 7.48 Å². The molecule has 1 aromatic rings. The van der Waals surface area contributed by atoms with Gasteiger partial charge in [-0.1, -0.05) is 30.3 Å². The van der Waals surface area contributed by atoms with Crippen molar-refractivity contribution in [1.82, 2.24) is 9.80 Å². The van der Waals surface area contributed by atoms with Gasteiger partial charge in [0.05, 0.1) is 15.3 Å². The Morgan fingerprint density at radius 2 is 2.04 bits per heavy atom. The van der Waals surface area contributed by atoms with Crippen molar-refractivity contribution in [3.8, 4) is 0 Å². The third-order valence-corrected chi connectivity index (χ3v) is 5.19. The lowest BCUT2D eigenvalue weighted by Gasteiger charge is -2.37. The number of nitrogens with zero attached hydrogens (tertiary/aromatic N) is 2. The molecule has 1 amide bonds. The Kier molecular flexibility index (Phi) is 4.36. The highest BCUT2D eigenvalue weighted by atomic mass is 16.6. The molecule has 0 aromatic heterocycles. The second-order valence-corrected chi connectivity index (χ2v) is 8.15. The van der Waals surface area contributed by atoms with Crippen molar-refractivity contribution in [3.05, 3.63) is 35.9 Å². The second-order valence-electron chi connectivity index (χ2n) is 8.15. The van der Waals surface area contributed by atoms with E-state index in [1.165, 1.54) is 10.5 Å². The molecule has 2 aliphatic heterocycles. The van der Waals surface area contributed by atoms with Crippen LogP contribution < -0.4 is 0 Å². The first kappa shape index (κ1) is 15.6. The summed E-state index contributed by atoms with van der Waals surface area (Å²) in [5, 5.41) is 10.2. The van der Waals surface area contributed by atoms with Crippen LogP contribution in [0.15, 0.2) is 30.3 Å². The monoisotopic (exact) mass is 348 g/mol. The summed E-state index contributed by atoms with van der Waals surface area (Å²) in [6.45, 7) is 6.30. The number of benzene rings is 1. The lowest BCUT2D eigenvalue weighted by atomic mass is 9.93. The van der Waals surface area contributed by atoms with Crippen molar-refractivity contribution in [2.24, 2.45) is 5.92 Å². The molecule has 2 fully saturated rings. The summed E-state index contributed by atoms with van der Waals surface area (Å²) in [5.41, 5.74) is 0.517. The van der Waals surface area contributed by atoms with Crippen molar-refractivity contribution >= 4 is 6.09 Å². The van der Waals surface area contributed by atoms with Crippen LogP contribution in [0.4, 0.5) is 4.79 Å². The number of fused-ring (bicyclic) bond motifs is 2. The molecule has 5 nitrogen and oxygen atoms in total. The molecule has 5 heteroatoms. The zero-order valence-corrected chi connectivity index (χ0v) is 15.5. The van der Waals surface area contributed by atoms with Gasteiger partial charge in [0, 0.05) is 25.2 Å². The zero-order chi connectivity index (χ0) is 20.0. The topological polar surface area (TPSA) is 53.0 Å². The van der Waals surface area contributed by atoms with E-state index < -0.39 is 24.3 Å². The fourth-order valence-corrected chi connectivity index (χ4v) is 4.03. The molecule has 0 aliphatic carbocycles. The van der Waals surface area contributed by atoms with Crippen LogP contribution in [0.5, 0.6) is 0 Å². The van der Waals surface area contributed by atoms with Crippen LogP contribution in [-0.2, 0) is 4.74 Å². The van der Waals surface area contributed by atoms with E-state index in [1.807, 2.05) is 18.2 Å². The average Bonchev–Trinajstić information content (AvgIpc) is 2.83. The maximum absolute atomic E-state index is 12.8. The number of piperidine rings is 1. The van der Waals surface area contributed by atoms with E-state index in [0.29, 0.717) is 19.5 Å².